The van der Waals surface area contributed by atoms with Gasteiger partial charge in [-0.05, 0) is 44.0 Å². The van der Waals surface area contributed by atoms with Gasteiger partial charge in [-0.2, -0.15) is 0 Å². The van der Waals surface area contributed by atoms with Gasteiger partial charge >= 0.3 is 5.97 Å². The zero-order valence-electron chi connectivity index (χ0n) is 10.9. The van der Waals surface area contributed by atoms with Crippen molar-refractivity contribution < 1.29 is 14.3 Å². The minimum Gasteiger partial charge on any atom is -0.460 e. The van der Waals surface area contributed by atoms with E-state index in [1.807, 2.05) is 0 Å². The molecule has 0 radical (unpaired) electrons. The third-order valence-electron chi connectivity index (χ3n) is 2.92. The van der Waals surface area contributed by atoms with Crippen LogP contribution in [0.1, 0.15) is 44.2 Å². The molecule has 1 aromatic rings. The van der Waals surface area contributed by atoms with Crippen molar-refractivity contribution >= 4 is 5.97 Å². The van der Waals surface area contributed by atoms with Crippen molar-refractivity contribution in [3.8, 4) is 0 Å². The molecule has 2 heterocycles. The molecule has 1 aliphatic heterocycles. The fraction of sp³-hybridized carbons (Fsp3) is 0.818. The van der Waals surface area contributed by atoms with Gasteiger partial charge in [0.1, 0.15) is 0 Å². The topological polar surface area (TPSA) is 79.1 Å². The molecular formula is C11H18N4O3. The summed E-state index contributed by atoms with van der Waals surface area (Å²) < 4.78 is 12.2. The summed E-state index contributed by atoms with van der Waals surface area (Å²) >= 11 is 0. The lowest BCUT2D eigenvalue weighted by atomic mass is 10.1. The van der Waals surface area contributed by atoms with E-state index in [-0.39, 0.29) is 17.5 Å². The first-order valence-electron chi connectivity index (χ1n) is 6.13. The SMILES string of the molecule is CCOC(=O)c1nnnn1CC1CCC(C)(C)O1. The van der Waals surface area contributed by atoms with Gasteiger partial charge in [0.15, 0.2) is 0 Å². The van der Waals surface area contributed by atoms with Crippen LogP contribution in [0.4, 0.5) is 0 Å². The summed E-state index contributed by atoms with van der Waals surface area (Å²) in [6.45, 7) is 6.63. The summed E-state index contributed by atoms with van der Waals surface area (Å²) in [7, 11) is 0. The number of tetrazole rings is 1. The standard InChI is InChI=1S/C11H18N4O3/c1-4-17-10(16)9-12-13-14-15(9)7-8-5-6-11(2,3)18-8/h8H,4-7H2,1-3H3. The van der Waals surface area contributed by atoms with E-state index in [2.05, 4.69) is 29.4 Å². The van der Waals surface area contributed by atoms with Crippen LogP contribution in [-0.4, -0.2) is 44.5 Å². The van der Waals surface area contributed by atoms with Crippen molar-refractivity contribution in [2.24, 2.45) is 0 Å². The van der Waals surface area contributed by atoms with E-state index in [1.54, 1.807) is 6.92 Å². The highest BCUT2D eigenvalue weighted by Crippen LogP contribution is 2.29. The molecule has 7 nitrogen and oxygen atoms in total. The molecule has 1 aromatic heterocycles. The summed E-state index contributed by atoms with van der Waals surface area (Å²) in [5.41, 5.74) is -0.108. The number of hydrogen-bond donors (Lipinski definition) is 0. The molecule has 1 unspecified atom stereocenters. The monoisotopic (exact) mass is 254 g/mol. The lowest BCUT2D eigenvalue weighted by molar-refractivity contribution is -0.0235. The Kier molecular flexibility index (Phi) is 3.60. The maximum atomic E-state index is 11.6. The van der Waals surface area contributed by atoms with E-state index in [1.165, 1.54) is 4.68 Å². The third kappa shape index (κ3) is 2.84. The Hall–Kier alpha value is -1.50. The van der Waals surface area contributed by atoms with E-state index in [0.29, 0.717) is 13.2 Å². The maximum absolute atomic E-state index is 11.6. The first kappa shape index (κ1) is 12.9. The van der Waals surface area contributed by atoms with Gasteiger partial charge in [-0.25, -0.2) is 9.48 Å². The number of rotatable bonds is 4. The number of hydrogen-bond acceptors (Lipinski definition) is 6. The Morgan fingerprint density at radius 1 is 1.61 bits per heavy atom. The summed E-state index contributed by atoms with van der Waals surface area (Å²) in [5, 5.41) is 11.0. The van der Waals surface area contributed by atoms with Crippen LogP contribution in [0.5, 0.6) is 0 Å². The summed E-state index contributed by atoms with van der Waals surface area (Å²) in [6, 6.07) is 0. The van der Waals surface area contributed by atoms with Crippen molar-refractivity contribution in [2.75, 3.05) is 6.61 Å². The molecule has 1 aliphatic rings. The van der Waals surface area contributed by atoms with Crippen LogP contribution in [0.25, 0.3) is 0 Å². The third-order valence-corrected chi connectivity index (χ3v) is 2.92. The second-order valence-electron chi connectivity index (χ2n) is 4.94. The molecular weight excluding hydrogens is 236 g/mol. The summed E-state index contributed by atoms with van der Waals surface area (Å²) in [6.07, 6.45) is 1.97. The fourth-order valence-electron chi connectivity index (χ4n) is 2.07. The quantitative estimate of drug-likeness (QED) is 0.740. The number of carbonyl (C=O) groups excluding carboxylic acids is 1. The second kappa shape index (κ2) is 5.01. The normalized spacial score (nSPS) is 22.1. The van der Waals surface area contributed by atoms with Crippen LogP contribution < -0.4 is 0 Å². The Morgan fingerprint density at radius 2 is 2.39 bits per heavy atom. The second-order valence-corrected chi connectivity index (χ2v) is 4.94. The zero-order valence-corrected chi connectivity index (χ0v) is 10.9. The first-order chi connectivity index (χ1) is 8.52. The predicted molar refractivity (Wildman–Crippen MR) is 62.0 cm³/mol. The lowest BCUT2D eigenvalue weighted by Crippen LogP contribution is -2.25. The zero-order chi connectivity index (χ0) is 13.2. The molecule has 7 heteroatoms. The molecule has 1 saturated heterocycles. The molecule has 0 spiro atoms. The van der Waals surface area contributed by atoms with E-state index in [9.17, 15) is 4.79 Å². The molecule has 0 amide bonds. The highest BCUT2D eigenvalue weighted by Gasteiger charge is 2.33. The van der Waals surface area contributed by atoms with E-state index >= 15 is 0 Å². The minimum absolute atomic E-state index is 0.0386. The number of esters is 1. The van der Waals surface area contributed by atoms with Crippen LogP contribution in [0, 0.1) is 0 Å². The van der Waals surface area contributed by atoms with Crippen molar-refractivity contribution in [1.29, 1.82) is 0 Å². The number of ether oxygens (including phenoxy) is 2. The average molecular weight is 254 g/mol. The molecule has 100 valence electrons. The summed E-state index contributed by atoms with van der Waals surface area (Å²) in [5.74, 6) is -0.370. The van der Waals surface area contributed by atoms with Crippen LogP contribution in [0.3, 0.4) is 0 Å². The Bertz CT molecular complexity index is 430. The Labute approximate surface area is 105 Å². The largest absolute Gasteiger partial charge is 0.460 e. The minimum atomic E-state index is -0.500. The maximum Gasteiger partial charge on any atom is 0.378 e. The van der Waals surface area contributed by atoms with Crippen molar-refractivity contribution in [1.82, 2.24) is 20.2 Å². The van der Waals surface area contributed by atoms with E-state index in [4.69, 9.17) is 9.47 Å². The van der Waals surface area contributed by atoms with Crippen LogP contribution >= 0.6 is 0 Å². The Morgan fingerprint density at radius 3 is 3.00 bits per heavy atom. The highest BCUT2D eigenvalue weighted by molar-refractivity contribution is 5.85. The van der Waals surface area contributed by atoms with Crippen LogP contribution in [0.2, 0.25) is 0 Å². The molecule has 1 fully saturated rings. The first-order valence-corrected chi connectivity index (χ1v) is 6.13. The highest BCUT2D eigenvalue weighted by atomic mass is 16.5. The van der Waals surface area contributed by atoms with Gasteiger partial charge in [-0.3, -0.25) is 0 Å². The van der Waals surface area contributed by atoms with Crippen molar-refractivity contribution in [2.45, 2.75) is 51.9 Å². The van der Waals surface area contributed by atoms with Gasteiger partial charge in [0.2, 0.25) is 0 Å². The van der Waals surface area contributed by atoms with Crippen molar-refractivity contribution in [3.05, 3.63) is 5.82 Å². The fourth-order valence-corrected chi connectivity index (χ4v) is 2.07. The van der Waals surface area contributed by atoms with Gasteiger partial charge in [0.05, 0.1) is 24.9 Å². The molecule has 0 bridgehead atoms. The number of carbonyl (C=O) groups is 1. The summed E-state index contributed by atoms with van der Waals surface area (Å²) in [4.78, 5) is 11.6. The van der Waals surface area contributed by atoms with Gasteiger partial charge in [-0.1, -0.05) is 0 Å². The molecule has 0 saturated carbocycles. The van der Waals surface area contributed by atoms with E-state index < -0.39 is 5.97 Å². The van der Waals surface area contributed by atoms with Gasteiger partial charge in [0, 0.05) is 0 Å². The molecule has 18 heavy (non-hydrogen) atoms. The lowest BCUT2D eigenvalue weighted by Gasteiger charge is -2.19. The molecule has 2 rings (SSSR count). The smallest absolute Gasteiger partial charge is 0.378 e. The van der Waals surface area contributed by atoms with Gasteiger partial charge in [0.25, 0.3) is 5.82 Å². The Balaban J connectivity index is 2.02. The molecule has 1 atom stereocenters. The average Bonchev–Trinajstić information content (AvgIpc) is 2.86. The van der Waals surface area contributed by atoms with E-state index in [0.717, 1.165) is 12.8 Å². The predicted octanol–water partition coefficient (Wildman–Crippen LogP) is 0.807. The van der Waals surface area contributed by atoms with Gasteiger partial charge in [-0.15, -0.1) is 5.10 Å². The van der Waals surface area contributed by atoms with Crippen LogP contribution in [0.15, 0.2) is 0 Å². The molecule has 0 aliphatic carbocycles. The van der Waals surface area contributed by atoms with Crippen LogP contribution in [-0.2, 0) is 16.0 Å². The molecule has 0 aromatic carbocycles. The van der Waals surface area contributed by atoms with Crippen molar-refractivity contribution in [3.63, 3.8) is 0 Å². The number of aromatic nitrogens is 4. The molecule has 0 N–H and O–H groups in total. The number of nitrogens with zero attached hydrogens (tertiary/aromatic N) is 4. The van der Waals surface area contributed by atoms with Gasteiger partial charge < -0.3 is 9.47 Å².